The molecule has 0 aliphatic carbocycles. The number of hydrogen-bond acceptors (Lipinski definition) is 3. The molecule has 0 heterocycles. The van der Waals surface area contributed by atoms with Gasteiger partial charge in [-0.25, -0.2) is 0 Å². The van der Waals surface area contributed by atoms with Crippen LogP contribution in [0.25, 0.3) is 0 Å². The number of hydrogen-bond donors (Lipinski definition) is 0. The number of nitro groups is 1. The van der Waals surface area contributed by atoms with Crippen LogP contribution in [0.4, 0.5) is 5.69 Å². The van der Waals surface area contributed by atoms with Gasteiger partial charge >= 0.3 is 0 Å². The van der Waals surface area contributed by atoms with Gasteiger partial charge in [0.05, 0.1) is 13.9 Å². The molecule has 0 unspecified atom stereocenters. The molecule has 2 aromatic carbocycles. The van der Waals surface area contributed by atoms with E-state index in [9.17, 15) is 10.1 Å². The van der Waals surface area contributed by atoms with Gasteiger partial charge < -0.3 is 4.74 Å². The first-order valence-corrected chi connectivity index (χ1v) is 8.62. The minimum Gasteiger partial charge on any atom is -0.487 e. The molecule has 0 saturated carbocycles. The average molecular weight is 480 g/mol. The Kier molecular flexibility index (Phi) is 5.78. The Bertz CT molecular complexity index is 653. The van der Waals surface area contributed by atoms with Gasteiger partial charge in [-0.05, 0) is 55.1 Å². The highest BCUT2D eigenvalue weighted by molar-refractivity contribution is 9.11. The number of nitro benzene ring substituents is 1. The number of ether oxygens (including phenoxy) is 1. The molecule has 0 amide bonds. The van der Waals surface area contributed by atoms with Crippen LogP contribution in [0.5, 0.6) is 5.75 Å². The van der Waals surface area contributed by atoms with Gasteiger partial charge in [-0.2, -0.15) is 0 Å². The number of rotatable bonds is 5. The monoisotopic (exact) mass is 477 g/mol. The first kappa shape index (κ1) is 16.5. The topological polar surface area (TPSA) is 52.4 Å². The number of nitrogens with zero attached hydrogens (tertiary/aromatic N) is 1. The Morgan fingerprint density at radius 3 is 2.33 bits per heavy atom. The zero-order valence-corrected chi connectivity index (χ0v) is 15.4. The van der Waals surface area contributed by atoms with Gasteiger partial charge in [0.1, 0.15) is 12.4 Å². The SMILES string of the molecule is O=[N+]([O-])c1cccc(COc2c(Br)cc(CBr)cc2Br)c1. The molecule has 4 nitrogen and oxygen atoms in total. The third-order valence-electron chi connectivity index (χ3n) is 2.72. The van der Waals surface area contributed by atoms with Crippen LogP contribution >= 0.6 is 47.8 Å². The maximum absolute atomic E-state index is 10.8. The lowest BCUT2D eigenvalue weighted by molar-refractivity contribution is -0.384. The fourth-order valence-electron chi connectivity index (χ4n) is 1.74. The molecule has 0 bridgehead atoms. The van der Waals surface area contributed by atoms with Crippen LogP contribution < -0.4 is 4.74 Å². The predicted molar refractivity (Wildman–Crippen MR) is 91.9 cm³/mol. The molecule has 21 heavy (non-hydrogen) atoms. The number of halogens is 3. The van der Waals surface area contributed by atoms with Gasteiger partial charge in [0.2, 0.25) is 0 Å². The van der Waals surface area contributed by atoms with Crippen LogP contribution in [0, 0.1) is 10.1 Å². The molecule has 0 N–H and O–H groups in total. The van der Waals surface area contributed by atoms with Crippen molar-refractivity contribution in [3.05, 3.63) is 66.6 Å². The van der Waals surface area contributed by atoms with E-state index in [-0.39, 0.29) is 12.3 Å². The second-order valence-corrected chi connectivity index (χ2v) is 6.51. The summed E-state index contributed by atoms with van der Waals surface area (Å²) in [7, 11) is 0. The first-order chi connectivity index (χ1) is 10.0. The minimum atomic E-state index is -0.417. The zero-order chi connectivity index (χ0) is 15.4. The standard InChI is InChI=1S/C14H10Br3NO3/c15-7-10-5-12(16)14(13(17)6-10)21-8-9-2-1-3-11(4-9)18(19)20/h1-6H,7-8H2. The van der Waals surface area contributed by atoms with Crippen molar-refractivity contribution in [1.82, 2.24) is 0 Å². The maximum Gasteiger partial charge on any atom is 0.269 e. The molecule has 0 atom stereocenters. The molecule has 0 saturated heterocycles. The summed E-state index contributed by atoms with van der Waals surface area (Å²) in [5, 5.41) is 11.5. The van der Waals surface area contributed by atoms with Gasteiger partial charge in [-0.15, -0.1) is 0 Å². The molecule has 7 heteroatoms. The van der Waals surface area contributed by atoms with E-state index < -0.39 is 4.92 Å². The molecule has 0 spiro atoms. The highest BCUT2D eigenvalue weighted by atomic mass is 79.9. The van der Waals surface area contributed by atoms with Crippen molar-refractivity contribution < 1.29 is 9.66 Å². The third kappa shape index (κ3) is 4.28. The molecule has 2 rings (SSSR count). The lowest BCUT2D eigenvalue weighted by Gasteiger charge is -2.11. The molecule has 0 aliphatic heterocycles. The Morgan fingerprint density at radius 1 is 1.10 bits per heavy atom. The van der Waals surface area contributed by atoms with Crippen molar-refractivity contribution in [3.8, 4) is 5.75 Å². The summed E-state index contributed by atoms with van der Waals surface area (Å²) in [5.41, 5.74) is 1.91. The summed E-state index contributed by atoms with van der Waals surface area (Å²) in [6.07, 6.45) is 0. The van der Waals surface area contributed by atoms with Crippen LogP contribution in [0.1, 0.15) is 11.1 Å². The molecule has 0 aliphatic rings. The van der Waals surface area contributed by atoms with Crippen LogP contribution in [0.2, 0.25) is 0 Å². The van der Waals surface area contributed by atoms with Crippen molar-refractivity contribution in [2.45, 2.75) is 11.9 Å². The normalized spacial score (nSPS) is 10.4. The fourth-order valence-corrected chi connectivity index (χ4v) is 3.58. The van der Waals surface area contributed by atoms with Crippen LogP contribution in [-0.4, -0.2) is 4.92 Å². The smallest absolute Gasteiger partial charge is 0.269 e. The Hall–Kier alpha value is -0.920. The van der Waals surface area contributed by atoms with E-state index >= 15 is 0 Å². The predicted octanol–water partition coefficient (Wildman–Crippen LogP) is 5.59. The Morgan fingerprint density at radius 2 is 1.76 bits per heavy atom. The van der Waals surface area contributed by atoms with E-state index in [2.05, 4.69) is 47.8 Å². The minimum absolute atomic E-state index is 0.0591. The molecule has 0 aromatic heterocycles. The van der Waals surface area contributed by atoms with Crippen LogP contribution in [-0.2, 0) is 11.9 Å². The van der Waals surface area contributed by atoms with Crippen molar-refractivity contribution in [3.63, 3.8) is 0 Å². The second-order valence-electron chi connectivity index (χ2n) is 4.24. The number of non-ortho nitro benzene ring substituents is 1. The largest absolute Gasteiger partial charge is 0.487 e. The average Bonchev–Trinajstić information content (AvgIpc) is 2.46. The molecular weight excluding hydrogens is 470 g/mol. The van der Waals surface area contributed by atoms with E-state index in [0.29, 0.717) is 5.75 Å². The summed E-state index contributed by atoms with van der Waals surface area (Å²) >= 11 is 10.3. The second kappa shape index (κ2) is 7.38. The summed E-state index contributed by atoms with van der Waals surface area (Å²) in [5.74, 6) is 0.672. The van der Waals surface area contributed by atoms with E-state index in [1.807, 2.05) is 12.1 Å². The van der Waals surface area contributed by atoms with Gasteiger partial charge in [-0.1, -0.05) is 28.1 Å². The summed E-state index contributed by atoms with van der Waals surface area (Å²) in [6.45, 7) is 0.256. The lowest BCUT2D eigenvalue weighted by Crippen LogP contribution is -1.98. The van der Waals surface area contributed by atoms with Crippen LogP contribution in [0.3, 0.4) is 0 Å². The third-order valence-corrected chi connectivity index (χ3v) is 4.54. The summed E-state index contributed by atoms with van der Waals surface area (Å²) in [4.78, 5) is 10.3. The number of benzene rings is 2. The summed E-state index contributed by atoms with van der Waals surface area (Å²) in [6, 6.07) is 10.3. The van der Waals surface area contributed by atoms with Gasteiger partial charge in [-0.3, -0.25) is 10.1 Å². The van der Waals surface area contributed by atoms with Crippen molar-refractivity contribution in [2.75, 3.05) is 0 Å². The molecule has 2 aromatic rings. The fraction of sp³-hybridized carbons (Fsp3) is 0.143. The molecule has 0 fully saturated rings. The van der Waals surface area contributed by atoms with Gasteiger partial charge in [0.15, 0.2) is 0 Å². The number of alkyl halides is 1. The molecule has 110 valence electrons. The quantitative estimate of drug-likeness (QED) is 0.319. The van der Waals surface area contributed by atoms with E-state index in [1.54, 1.807) is 12.1 Å². The maximum atomic E-state index is 10.8. The van der Waals surface area contributed by atoms with Crippen molar-refractivity contribution in [2.24, 2.45) is 0 Å². The first-order valence-electron chi connectivity index (χ1n) is 5.91. The van der Waals surface area contributed by atoms with Gasteiger partial charge in [0.25, 0.3) is 5.69 Å². The van der Waals surface area contributed by atoms with E-state index in [4.69, 9.17) is 4.74 Å². The van der Waals surface area contributed by atoms with E-state index in [0.717, 1.165) is 25.4 Å². The van der Waals surface area contributed by atoms with Crippen molar-refractivity contribution in [1.29, 1.82) is 0 Å². The van der Waals surface area contributed by atoms with Crippen LogP contribution in [0.15, 0.2) is 45.3 Å². The van der Waals surface area contributed by atoms with Crippen molar-refractivity contribution >= 4 is 53.5 Å². The van der Waals surface area contributed by atoms with E-state index in [1.165, 1.54) is 12.1 Å². The van der Waals surface area contributed by atoms with Gasteiger partial charge in [0, 0.05) is 17.5 Å². The highest BCUT2D eigenvalue weighted by Crippen LogP contribution is 2.36. The lowest BCUT2D eigenvalue weighted by atomic mass is 10.2. The molecule has 0 radical (unpaired) electrons. The Labute approximate surface area is 147 Å². The summed E-state index contributed by atoms with van der Waals surface area (Å²) < 4.78 is 7.42. The highest BCUT2D eigenvalue weighted by Gasteiger charge is 2.10. The molecular formula is C14H10Br3NO3. The Balaban J connectivity index is 2.17. The zero-order valence-electron chi connectivity index (χ0n) is 10.7.